The molecule has 6 heteroatoms. The van der Waals surface area contributed by atoms with Crippen LogP contribution < -0.4 is 15.4 Å². The summed E-state index contributed by atoms with van der Waals surface area (Å²) in [7, 11) is 0. The summed E-state index contributed by atoms with van der Waals surface area (Å²) in [5.74, 6) is 0.790. The minimum Gasteiger partial charge on any atom is -0.494 e. The number of rotatable bonds is 8. The number of aliphatic hydroxyl groups is 1. The fourth-order valence-electron chi connectivity index (χ4n) is 2.15. The SMILES string of the molecule is CCCCOc1ccc(NC(=O)NCC(O)c2sccc2C)cc1. The van der Waals surface area contributed by atoms with Crippen molar-refractivity contribution in [2.45, 2.75) is 32.8 Å². The van der Waals surface area contributed by atoms with Gasteiger partial charge >= 0.3 is 6.03 Å². The third-order valence-corrected chi connectivity index (χ3v) is 4.66. The zero-order valence-corrected chi connectivity index (χ0v) is 14.9. The van der Waals surface area contributed by atoms with Gasteiger partial charge in [0.1, 0.15) is 11.9 Å². The van der Waals surface area contributed by atoms with Gasteiger partial charge in [-0.2, -0.15) is 0 Å². The lowest BCUT2D eigenvalue weighted by atomic mass is 10.2. The monoisotopic (exact) mass is 348 g/mol. The first-order chi connectivity index (χ1) is 11.6. The van der Waals surface area contributed by atoms with Gasteiger partial charge in [-0.25, -0.2) is 4.79 Å². The Kier molecular flexibility index (Phi) is 7.08. The Morgan fingerprint density at radius 1 is 1.29 bits per heavy atom. The third-order valence-electron chi connectivity index (χ3n) is 3.54. The van der Waals surface area contributed by atoms with Crippen LogP contribution in [0.25, 0.3) is 0 Å². The molecule has 0 aliphatic heterocycles. The van der Waals surface area contributed by atoms with Gasteiger partial charge in [0, 0.05) is 10.6 Å². The zero-order chi connectivity index (χ0) is 17.4. The minimum absolute atomic E-state index is 0.172. The lowest BCUT2D eigenvalue weighted by molar-refractivity contribution is 0.178. The maximum atomic E-state index is 11.9. The first kappa shape index (κ1) is 18.3. The number of anilines is 1. The van der Waals surface area contributed by atoms with E-state index in [0.717, 1.165) is 29.0 Å². The van der Waals surface area contributed by atoms with Crippen LogP contribution in [0.2, 0.25) is 0 Å². The van der Waals surface area contributed by atoms with Crippen LogP contribution in [0.4, 0.5) is 10.5 Å². The third kappa shape index (κ3) is 5.54. The lowest BCUT2D eigenvalue weighted by Crippen LogP contribution is -2.32. The normalized spacial score (nSPS) is 11.8. The van der Waals surface area contributed by atoms with Crippen molar-refractivity contribution in [2.75, 3.05) is 18.5 Å². The molecule has 1 aromatic carbocycles. The van der Waals surface area contributed by atoms with Crippen LogP contribution in [0.3, 0.4) is 0 Å². The van der Waals surface area contributed by atoms with Crippen molar-refractivity contribution >= 4 is 23.1 Å². The number of amides is 2. The molecule has 1 unspecified atom stereocenters. The van der Waals surface area contributed by atoms with E-state index in [1.54, 1.807) is 12.1 Å². The highest BCUT2D eigenvalue weighted by Gasteiger charge is 2.13. The van der Waals surface area contributed by atoms with Gasteiger partial charge in [-0.1, -0.05) is 13.3 Å². The molecule has 0 saturated heterocycles. The Bertz CT molecular complexity index is 640. The largest absolute Gasteiger partial charge is 0.494 e. The summed E-state index contributed by atoms with van der Waals surface area (Å²) >= 11 is 1.49. The van der Waals surface area contributed by atoms with Gasteiger partial charge in [-0.05, 0) is 54.6 Å². The molecule has 5 nitrogen and oxygen atoms in total. The summed E-state index contributed by atoms with van der Waals surface area (Å²) in [6, 6.07) is 8.85. The van der Waals surface area contributed by atoms with E-state index in [0.29, 0.717) is 12.3 Å². The number of benzene rings is 1. The van der Waals surface area contributed by atoms with Crippen molar-refractivity contribution in [3.05, 3.63) is 46.2 Å². The molecule has 0 fully saturated rings. The second kappa shape index (κ2) is 9.30. The number of nitrogens with one attached hydrogen (secondary N) is 2. The number of carbonyl (C=O) groups is 1. The zero-order valence-electron chi connectivity index (χ0n) is 14.0. The van der Waals surface area contributed by atoms with E-state index in [4.69, 9.17) is 4.74 Å². The van der Waals surface area contributed by atoms with Crippen LogP contribution in [0, 0.1) is 6.92 Å². The van der Waals surface area contributed by atoms with E-state index in [9.17, 15) is 9.90 Å². The number of aryl methyl sites for hydroxylation is 1. The van der Waals surface area contributed by atoms with Crippen molar-refractivity contribution in [3.8, 4) is 5.75 Å². The quantitative estimate of drug-likeness (QED) is 0.629. The molecule has 2 aromatic rings. The summed E-state index contributed by atoms with van der Waals surface area (Å²) in [6.07, 6.45) is 1.43. The van der Waals surface area contributed by atoms with E-state index in [2.05, 4.69) is 17.6 Å². The molecule has 0 saturated carbocycles. The molecule has 1 atom stereocenters. The molecule has 1 aromatic heterocycles. The van der Waals surface area contributed by atoms with Crippen molar-refractivity contribution in [1.82, 2.24) is 5.32 Å². The highest BCUT2D eigenvalue weighted by atomic mass is 32.1. The van der Waals surface area contributed by atoms with Crippen LogP contribution in [-0.2, 0) is 0 Å². The summed E-state index contributed by atoms with van der Waals surface area (Å²) in [5, 5.41) is 17.4. The van der Waals surface area contributed by atoms with Crippen LogP contribution >= 0.6 is 11.3 Å². The molecule has 0 bridgehead atoms. The summed E-state index contributed by atoms with van der Waals surface area (Å²) in [4.78, 5) is 12.8. The lowest BCUT2D eigenvalue weighted by Gasteiger charge is -2.13. The summed E-state index contributed by atoms with van der Waals surface area (Å²) in [6.45, 7) is 4.93. The summed E-state index contributed by atoms with van der Waals surface area (Å²) < 4.78 is 5.58. The van der Waals surface area contributed by atoms with Gasteiger partial charge in [-0.3, -0.25) is 0 Å². The van der Waals surface area contributed by atoms with Gasteiger partial charge in [0.05, 0.1) is 13.2 Å². The Hall–Kier alpha value is -2.05. The topological polar surface area (TPSA) is 70.6 Å². The fourth-order valence-corrected chi connectivity index (χ4v) is 3.07. The fraction of sp³-hybridized carbons (Fsp3) is 0.389. The molecule has 3 N–H and O–H groups in total. The Balaban J connectivity index is 1.76. The van der Waals surface area contributed by atoms with Crippen molar-refractivity contribution in [3.63, 3.8) is 0 Å². The molecule has 2 rings (SSSR count). The van der Waals surface area contributed by atoms with Crippen molar-refractivity contribution in [2.24, 2.45) is 0 Å². The molecule has 0 spiro atoms. The highest BCUT2D eigenvalue weighted by molar-refractivity contribution is 7.10. The molecule has 2 amide bonds. The van der Waals surface area contributed by atoms with Gasteiger partial charge in [-0.15, -0.1) is 11.3 Å². The van der Waals surface area contributed by atoms with Crippen LogP contribution in [0.5, 0.6) is 5.75 Å². The smallest absolute Gasteiger partial charge is 0.319 e. The average molecular weight is 348 g/mol. The second-order valence-corrected chi connectivity index (χ2v) is 6.49. The van der Waals surface area contributed by atoms with E-state index < -0.39 is 6.10 Å². The van der Waals surface area contributed by atoms with E-state index >= 15 is 0 Å². The second-order valence-electron chi connectivity index (χ2n) is 5.55. The van der Waals surface area contributed by atoms with Gasteiger partial charge in [0.2, 0.25) is 0 Å². The van der Waals surface area contributed by atoms with E-state index in [1.165, 1.54) is 11.3 Å². The first-order valence-corrected chi connectivity index (χ1v) is 8.98. The number of ether oxygens (including phenoxy) is 1. The van der Waals surface area contributed by atoms with Crippen LogP contribution in [0.1, 0.15) is 36.3 Å². The van der Waals surface area contributed by atoms with E-state index in [1.807, 2.05) is 30.5 Å². The van der Waals surface area contributed by atoms with Crippen molar-refractivity contribution in [1.29, 1.82) is 0 Å². The number of aliphatic hydroxyl groups excluding tert-OH is 1. The number of hydrogen-bond donors (Lipinski definition) is 3. The minimum atomic E-state index is -0.690. The molecule has 130 valence electrons. The van der Waals surface area contributed by atoms with Gasteiger partial charge in [0.15, 0.2) is 0 Å². The highest BCUT2D eigenvalue weighted by Crippen LogP contribution is 2.23. The standard InChI is InChI=1S/C18H24N2O3S/c1-3-4-10-23-15-7-5-14(6-8-15)20-18(22)19-12-16(21)17-13(2)9-11-24-17/h5-9,11,16,21H,3-4,10,12H2,1-2H3,(H2,19,20,22). The van der Waals surface area contributed by atoms with E-state index in [-0.39, 0.29) is 12.6 Å². The van der Waals surface area contributed by atoms with Gasteiger partial charge in [0.25, 0.3) is 0 Å². The molecule has 0 aliphatic carbocycles. The maximum Gasteiger partial charge on any atom is 0.319 e. The van der Waals surface area contributed by atoms with Crippen LogP contribution in [0.15, 0.2) is 35.7 Å². The number of urea groups is 1. The Morgan fingerprint density at radius 3 is 2.67 bits per heavy atom. The number of hydrogen-bond acceptors (Lipinski definition) is 4. The molecule has 24 heavy (non-hydrogen) atoms. The number of unbranched alkanes of at least 4 members (excludes halogenated alkanes) is 1. The molecular weight excluding hydrogens is 324 g/mol. The average Bonchev–Trinajstić information content (AvgIpc) is 3.01. The number of thiophene rings is 1. The molecule has 0 radical (unpaired) electrons. The molecule has 0 aliphatic rings. The predicted molar refractivity (Wildman–Crippen MR) is 97.9 cm³/mol. The van der Waals surface area contributed by atoms with Crippen molar-refractivity contribution < 1.29 is 14.6 Å². The Morgan fingerprint density at radius 2 is 2.04 bits per heavy atom. The maximum absolute atomic E-state index is 11.9. The number of carbonyl (C=O) groups excluding carboxylic acids is 1. The van der Waals surface area contributed by atoms with Gasteiger partial charge < -0.3 is 20.5 Å². The molecular formula is C18H24N2O3S. The summed E-state index contributed by atoms with van der Waals surface area (Å²) in [5.41, 5.74) is 1.71. The Labute approximate surface area is 146 Å². The predicted octanol–water partition coefficient (Wildman–Crippen LogP) is 4.09. The van der Waals surface area contributed by atoms with Crippen LogP contribution in [-0.4, -0.2) is 24.3 Å². The first-order valence-electron chi connectivity index (χ1n) is 8.10. The molecule has 1 heterocycles.